The van der Waals surface area contributed by atoms with Crippen LogP contribution in [-0.2, 0) is 11.3 Å². The molecule has 1 saturated heterocycles. The summed E-state index contributed by atoms with van der Waals surface area (Å²) < 4.78 is 5.36. The fourth-order valence-electron chi connectivity index (χ4n) is 2.92. The van der Waals surface area contributed by atoms with Crippen LogP contribution in [0.5, 0.6) is 0 Å². The Bertz CT molecular complexity index is 816. The molecule has 1 amide bonds. The fraction of sp³-hybridized carbons (Fsp3) is 0.316. The number of carbonyl (C=O) groups is 1. The summed E-state index contributed by atoms with van der Waals surface area (Å²) >= 11 is 0. The van der Waals surface area contributed by atoms with E-state index in [-0.39, 0.29) is 17.2 Å². The van der Waals surface area contributed by atoms with E-state index >= 15 is 0 Å². The largest absolute Gasteiger partial charge is 0.379 e. The van der Waals surface area contributed by atoms with Crippen LogP contribution in [0.2, 0.25) is 0 Å². The van der Waals surface area contributed by atoms with Gasteiger partial charge in [0.2, 0.25) is 0 Å². The monoisotopic (exact) mass is 355 g/mol. The maximum atomic E-state index is 12.6. The lowest BCUT2D eigenvalue weighted by molar-refractivity contribution is -0.385. The number of rotatable bonds is 5. The van der Waals surface area contributed by atoms with E-state index in [2.05, 4.69) is 10.2 Å². The van der Waals surface area contributed by atoms with Crippen LogP contribution in [0.25, 0.3) is 0 Å². The molecule has 7 heteroatoms. The van der Waals surface area contributed by atoms with Crippen LogP contribution in [0.15, 0.2) is 42.5 Å². The molecule has 0 unspecified atom stereocenters. The van der Waals surface area contributed by atoms with Gasteiger partial charge in [-0.1, -0.05) is 24.3 Å². The average Bonchev–Trinajstić information content (AvgIpc) is 2.64. The quantitative estimate of drug-likeness (QED) is 0.658. The molecule has 0 spiro atoms. The number of carbonyl (C=O) groups excluding carboxylic acids is 1. The van der Waals surface area contributed by atoms with Crippen molar-refractivity contribution < 1.29 is 14.5 Å². The van der Waals surface area contributed by atoms with E-state index in [0.29, 0.717) is 31.0 Å². The molecule has 1 aliphatic rings. The third-order valence-corrected chi connectivity index (χ3v) is 4.43. The van der Waals surface area contributed by atoms with E-state index in [0.717, 1.165) is 18.7 Å². The molecule has 2 aromatic rings. The zero-order valence-corrected chi connectivity index (χ0v) is 14.6. The van der Waals surface area contributed by atoms with Gasteiger partial charge in [0.25, 0.3) is 11.6 Å². The first-order chi connectivity index (χ1) is 12.5. The molecule has 2 aromatic carbocycles. The van der Waals surface area contributed by atoms with Crippen molar-refractivity contribution in [3.05, 3.63) is 69.3 Å². The minimum atomic E-state index is -0.474. The lowest BCUT2D eigenvalue weighted by atomic mass is 10.1. The van der Waals surface area contributed by atoms with Gasteiger partial charge in [0.1, 0.15) is 0 Å². The zero-order valence-electron chi connectivity index (χ0n) is 14.6. The minimum absolute atomic E-state index is 0.0562. The van der Waals surface area contributed by atoms with Crippen LogP contribution in [0.4, 0.5) is 11.4 Å². The summed E-state index contributed by atoms with van der Waals surface area (Å²) in [6.07, 6.45) is 0. The first-order valence-corrected chi connectivity index (χ1v) is 8.49. The molecular formula is C19H21N3O4. The molecular weight excluding hydrogens is 334 g/mol. The molecule has 1 heterocycles. The van der Waals surface area contributed by atoms with Gasteiger partial charge >= 0.3 is 0 Å². The van der Waals surface area contributed by atoms with Crippen LogP contribution < -0.4 is 5.32 Å². The molecule has 0 bridgehead atoms. The summed E-state index contributed by atoms with van der Waals surface area (Å²) in [5.74, 6) is -0.359. The van der Waals surface area contributed by atoms with Crippen molar-refractivity contribution in [3.63, 3.8) is 0 Å². The summed E-state index contributed by atoms with van der Waals surface area (Å²) in [7, 11) is 0. The van der Waals surface area contributed by atoms with Gasteiger partial charge in [0.05, 0.1) is 18.1 Å². The van der Waals surface area contributed by atoms with Gasteiger partial charge in [-0.15, -0.1) is 0 Å². The third-order valence-electron chi connectivity index (χ3n) is 4.43. The normalized spacial score (nSPS) is 14.8. The molecule has 7 nitrogen and oxygen atoms in total. The van der Waals surface area contributed by atoms with E-state index in [1.807, 2.05) is 24.3 Å². The molecule has 0 aromatic heterocycles. The predicted molar refractivity (Wildman–Crippen MR) is 98.3 cm³/mol. The molecule has 26 heavy (non-hydrogen) atoms. The van der Waals surface area contributed by atoms with E-state index in [1.54, 1.807) is 19.1 Å². The maximum absolute atomic E-state index is 12.6. The highest BCUT2D eigenvalue weighted by Gasteiger charge is 2.17. The summed E-state index contributed by atoms with van der Waals surface area (Å²) in [6.45, 7) is 5.49. The standard InChI is InChI=1S/C19H21N3O4/c1-14-6-7-15(12-18(14)22(24)25)19(23)20-17-5-3-2-4-16(17)13-21-8-10-26-11-9-21/h2-7,12H,8-11,13H2,1H3,(H,20,23). The maximum Gasteiger partial charge on any atom is 0.273 e. The smallest absolute Gasteiger partial charge is 0.273 e. The number of nitrogens with one attached hydrogen (secondary N) is 1. The number of hydrogen-bond donors (Lipinski definition) is 1. The molecule has 136 valence electrons. The second-order valence-electron chi connectivity index (χ2n) is 6.26. The van der Waals surface area contributed by atoms with Crippen molar-refractivity contribution in [1.29, 1.82) is 0 Å². The molecule has 0 atom stereocenters. The van der Waals surface area contributed by atoms with Crippen molar-refractivity contribution >= 4 is 17.3 Å². The van der Waals surface area contributed by atoms with Crippen LogP contribution in [0, 0.1) is 17.0 Å². The Balaban J connectivity index is 1.77. The Kier molecular flexibility index (Phi) is 5.60. The number of benzene rings is 2. The van der Waals surface area contributed by atoms with Crippen molar-refractivity contribution in [2.75, 3.05) is 31.6 Å². The number of nitro groups is 1. The number of ether oxygens (including phenoxy) is 1. The minimum Gasteiger partial charge on any atom is -0.379 e. The number of para-hydroxylation sites is 1. The summed E-state index contributed by atoms with van der Waals surface area (Å²) in [4.78, 5) is 25.5. The number of aryl methyl sites for hydroxylation is 1. The first-order valence-electron chi connectivity index (χ1n) is 8.49. The third kappa shape index (κ3) is 4.25. The highest BCUT2D eigenvalue weighted by Crippen LogP contribution is 2.22. The second-order valence-corrected chi connectivity index (χ2v) is 6.26. The number of morpholine rings is 1. The number of nitrogens with zero attached hydrogens (tertiary/aromatic N) is 2. The van der Waals surface area contributed by atoms with Crippen molar-refractivity contribution in [2.45, 2.75) is 13.5 Å². The molecule has 0 saturated carbocycles. The number of hydrogen-bond acceptors (Lipinski definition) is 5. The van der Waals surface area contributed by atoms with Crippen LogP contribution in [0.1, 0.15) is 21.5 Å². The van der Waals surface area contributed by atoms with Gasteiger partial charge in [-0.05, 0) is 24.6 Å². The zero-order chi connectivity index (χ0) is 18.5. The van der Waals surface area contributed by atoms with Gasteiger partial charge in [0.15, 0.2) is 0 Å². The Morgan fingerprint density at radius 3 is 2.69 bits per heavy atom. The second kappa shape index (κ2) is 8.07. The molecule has 1 fully saturated rings. The van der Waals surface area contributed by atoms with E-state index in [4.69, 9.17) is 4.74 Å². The fourth-order valence-corrected chi connectivity index (χ4v) is 2.92. The molecule has 1 N–H and O–H groups in total. The first kappa shape index (κ1) is 18.0. The highest BCUT2D eigenvalue weighted by atomic mass is 16.6. The van der Waals surface area contributed by atoms with Crippen molar-refractivity contribution in [1.82, 2.24) is 4.90 Å². The lowest BCUT2D eigenvalue weighted by Crippen LogP contribution is -2.35. The molecule has 0 radical (unpaired) electrons. The molecule has 0 aliphatic carbocycles. The Morgan fingerprint density at radius 2 is 1.96 bits per heavy atom. The number of anilines is 1. The summed E-state index contributed by atoms with van der Waals surface area (Å²) in [5, 5.41) is 14.0. The Hall–Kier alpha value is -2.77. The van der Waals surface area contributed by atoms with Crippen molar-refractivity contribution in [3.8, 4) is 0 Å². The van der Waals surface area contributed by atoms with Gasteiger partial charge in [0, 0.05) is 42.5 Å². The topological polar surface area (TPSA) is 84.7 Å². The van der Waals surface area contributed by atoms with Gasteiger partial charge in [-0.25, -0.2) is 0 Å². The van der Waals surface area contributed by atoms with Gasteiger partial charge in [-0.2, -0.15) is 0 Å². The number of nitro benzene ring substituents is 1. The predicted octanol–water partition coefficient (Wildman–Crippen LogP) is 2.99. The highest BCUT2D eigenvalue weighted by molar-refractivity contribution is 6.05. The summed E-state index contributed by atoms with van der Waals surface area (Å²) in [6, 6.07) is 12.1. The van der Waals surface area contributed by atoms with E-state index < -0.39 is 4.92 Å². The van der Waals surface area contributed by atoms with E-state index in [1.165, 1.54) is 6.07 Å². The van der Waals surface area contributed by atoms with Gasteiger partial charge < -0.3 is 10.1 Å². The molecule has 3 rings (SSSR count). The SMILES string of the molecule is Cc1ccc(C(=O)Nc2ccccc2CN2CCOCC2)cc1[N+](=O)[O-]. The number of amides is 1. The van der Waals surface area contributed by atoms with Crippen LogP contribution in [0.3, 0.4) is 0 Å². The Labute approximate surface area is 151 Å². The summed E-state index contributed by atoms with van der Waals surface area (Å²) in [5.41, 5.74) is 2.46. The average molecular weight is 355 g/mol. The Morgan fingerprint density at radius 1 is 1.23 bits per heavy atom. The van der Waals surface area contributed by atoms with Crippen LogP contribution >= 0.6 is 0 Å². The van der Waals surface area contributed by atoms with Crippen LogP contribution in [-0.4, -0.2) is 42.0 Å². The van der Waals surface area contributed by atoms with Crippen molar-refractivity contribution in [2.24, 2.45) is 0 Å². The lowest BCUT2D eigenvalue weighted by Gasteiger charge is -2.27. The van der Waals surface area contributed by atoms with Gasteiger partial charge in [-0.3, -0.25) is 19.8 Å². The van der Waals surface area contributed by atoms with E-state index in [9.17, 15) is 14.9 Å². The molecule has 1 aliphatic heterocycles.